The van der Waals surface area contributed by atoms with E-state index < -0.39 is 30.2 Å². The number of hydrogen-bond acceptors (Lipinski definition) is 0. The van der Waals surface area contributed by atoms with Crippen molar-refractivity contribution in [2.24, 2.45) is 0 Å². The van der Waals surface area contributed by atoms with Crippen LogP contribution < -0.4 is 0 Å². The molecule has 0 aliphatic heterocycles. The van der Waals surface area contributed by atoms with Crippen LogP contribution in [0.2, 0.25) is 0 Å². The molecule has 0 radical (unpaired) electrons. The van der Waals surface area contributed by atoms with Crippen LogP contribution in [-0.2, 0) is 0 Å². The molecule has 7 heteroatoms. The molecule has 0 bridgehead atoms. The van der Waals surface area contributed by atoms with Crippen molar-refractivity contribution < 1.29 is 30.7 Å². The Kier molecular flexibility index (Phi) is 3.96. The third kappa shape index (κ3) is 3.19. The first-order valence-electron chi connectivity index (χ1n) is 3.63. The lowest BCUT2D eigenvalue weighted by atomic mass is 10.1. The van der Waals surface area contributed by atoms with Crippen LogP contribution in [0.3, 0.4) is 0 Å². The third-order valence-electron chi connectivity index (χ3n) is 1.40. The van der Waals surface area contributed by atoms with Gasteiger partial charge in [0.1, 0.15) is 0 Å². The maximum Gasteiger partial charge on any atom is 0.423 e. The van der Waals surface area contributed by atoms with E-state index in [-0.39, 0.29) is 6.42 Å². The average Bonchev–Trinajstić information content (AvgIpc) is 1.78. The van der Waals surface area contributed by atoms with Gasteiger partial charge in [-0.2, -0.15) is 22.0 Å². The Morgan fingerprint density at radius 3 is 1.64 bits per heavy atom. The van der Waals surface area contributed by atoms with Crippen molar-refractivity contribution in [2.45, 2.75) is 31.9 Å². The zero-order valence-corrected chi connectivity index (χ0v) is 7.06. The van der Waals surface area contributed by atoms with Gasteiger partial charge in [-0.1, -0.05) is 13.3 Å². The molecule has 0 spiro atoms. The van der Waals surface area contributed by atoms with Gasteiger partial charge < -0.3 is 0 Å². The Morgan fingerprint density at radius 2 is 1.43 bits per heavy atom. The van der Waals surface area contributed by atoms with E-state index in [1.165, 1.54) is 6.92 Å². The van der Waals surface area contributed by atoms with Crippen LogP contribution in [0.4, 0.5) is 30.7 Å². The fourth-order valence-electron chi connectivity index (χ4n) is 0.892. The van der Waals surface area contributed by atoms with Gasteiger partial charge in [0.25, 0.3) is 12.0 Å². The van der Waals surface area contributed by atoms with Gasteiger partial charge in [0.15, 0.2) is 5.57 Å². The van der Waals surface area contributed by atoms with Gasteiger partial charge in [0.2, 0.25) is 0 Å². The molecule has 0 aromatic carbocycles. The summed E-state index contributed by atoms with van der Waals surface area (Å²) in [7, 11) is 0. The lowest BCUT2D eigenvalue weighted by Crippen LogP contribution is -2.30. The van der Waals surface area contributed by atoms with Crippen molar-refractivity contribution in [2.75, 3.05) is 0 Å². The van der Waals surface area contributed by atoms with E-state index in [1.54, 1.807) is 0 Å². The predicted molar refractivity (Wildman–Crippen MR) is 35.2 cm³/mol. The van der Waals surface area contributed by atoms with E-state index in [0.29, 0.717) is 0 Å². The highest BCUT2D eigenvalue weighted by Gasteiger charge is 2.52. The number of allylic oxidation sites excluding steroid dienone is 1. The summed E-state index contributed by atoms with van der Waals surface area (Å²) in [5.41, 5.74) is -3.04. The van der Waals surface area contributed by atoms with E-state index in [9.17, 15) is 30.7 Å². The number of rotatable bonds is 3. The highest BCUT2D eigenvalue weighted by molar-refractivity contribution is 5.19. The molecule has 0 unspecified atom stereocenters. The minimum absolute atomic E-state index is 0.320. The lowest BCUT2D eigenvalue weighted by molar-refractivity contribution is -0.135. The molecule has 0 heterocycles. The summed E-state index contributed by atoms with van der Waals surface area (Å²) in [6.07, 6.45) is -10.6. The summed E-state index contributed by atoms with van der Waals surface area (Å²) in [6.45, 7) is 1.18. The smallest absolute Gasteiger partial charge is 0.201 e. The molecule has 0 N–H and O–H groups in total. The van der Waals surface area contributed by atoms with Crippen LogP contribution in [-0.4, -0.2) is 12.1 Å². The average molecular weight is 224 g/mol. The molecule has 0 saturated heterocycles. The molecule has 0 amide bonds. The highest BCUT2D eigenvalue weighted by Crippen LogP contribution is 2.42. The highest BCUT2D eigenvalue weighted by atomic mass is 19.4. The molecule has 0 nitrogen and oxygen atoms in total. The molecule has 0 aliphatic rings. The van der Waals surface area contributed by atoms with Crippen LogP contribution in [0.25, 0.3) is 0 Å². The zero-order chi connectivity index (χ0) is 11.6. The summed E-state index contributed by atoms with van der Waals surface area (Å²) >= 11 is 0. The van der Waals surface area contributed by atoms with Gasteiger partial charge in [0.05, 0.1) is 0 Å². The second-order valence-corrected chi connectivity index (χ2v) is 2.59. The molecule has 0 saturated carbocycles. The minimum atomic E-state index is -5.70. The van der Waals surface area contributed by atoms with E-state index in [1.807, 2.05) is 0 Å². The largest absolute Gasteiger partial charge is 0.423 e. The van der Waals surface area contributed by atoms with Crippen LogP contribution in [0.5, 0.6) is 0 Å². The Balaban J connectivity index is 5.16. The molecule has 0 fully saturated rings. The van der Waals surface area contributed by atoms with Gasteiger partial charge in [-0.3, -0.25) is 0 Å². The summed E-state index contributed by atoms with van der Waals surface area (Å²) in [5.74, 6) is -4.52. The van der Waals surface area contributed by atoms with Crippen LogP contribution >= 0.6 is 0 Å². The Labute approximate surface area is 75.4 Å². The van der Waals surface area contributed by atoms with Gasteiger partial charge in [-0.15, -0.1) is 0 Å². The van der Waals surface area contributed by atoms with Crippen molar-refractivity contribution in [1.29, 1.82) is 0 Å². The maximum absolute atomic E-state index is 12.6. The molecule has 0 aliphatic carbocycles. The van der Waals surface area contributed by atoms with Gasteiger partial charge >= 0.3 is 6.18 Å². The molecule has 0 aromatic rings. The minimum Gasteiger partial charge on any atom is -0.201 e. The first-order valence-corrected chi connectivity index (χ1v) is 3.63. The first kappa shape index (κ1) is 13.2. The van der Waals surface area contributed by atoms with E-state index in [0.717, 1.165) is 0 Å². The monoisotopic (exact) mass is 224 g/mol. The SMILES string of the molecule is CCCC(F)(F)C(=C(F)F)C(F)(F)F. The Morgan fingerprint density at radius 1 is 1.00 bits per heavy atom. The van der Waals surface area contributed by atoms with Crippen molar-refractivity contribution in [3.05, 3.63) is 11.7 Å². The van der Waals surface area contributed by atoms with E-state index in [4.69, 9.17) is 0 Å². The van der Waals surface area contributed by atoms with Crippen molar-refractivity contribution >= 4 is 0 Å². The summed E-state index contributed by atoms with van der Waals surface area (Å²) in [4.78, 5) is 0. The number of halogens is 7. The Hall–Kier alpha value is -0.750. The third-order valence-corrected chi connectivity index (χ3v) is 1.40. The van der Waals surface area contributed by atoms with Gasteiger partial charge in [0, 0.05) is 6.42 Å². The zero-order valence-electron chi connectivity index (χ0n) is 7.06. The fourth-order valence-corrected chi connectivity index (χ4v) is 0.892. The lowest BCUT2D eigenvalue weighted by Gasteiger charge is -2.20. The standard InChI is InChI=1S/C7H7F7/c1-2-3-6(10,11)4(5(8)9)7(12,13)14/h2-3H2,1H3. The quantitative estimate of drug-likeness (QED) is 0.632. The molecule has 0 atom stereocenters. The van der Waals surface area contributed by atoms with Crippen molar-refractivity contribution in [3.8, 4) is 0 Å². The van der Waals surface area contributed by atoms with Crippen LogP contribution in [0.1, 0.15) is 19.8 Å². The van der Waals surface area contributed by atoms with Crippen LogP contribution in [0, 0.1) is 0 Å². The van der Waals surface area contributed by atoms with E-state index in [2.05, 4.69) is 0 Å². The predicted octanol–water partition coefficient (Wildman–Crippen LogP) is 4.13. The molecule has 0 rings (SSSR count). The van der Waals surface area contributed by atoms with Crippen molar-refractivity contribution in [1.82, 2.24) is 0 Å². The fraction of sp³-hybridized carbons (Fsp3) is 0.714. The summed E-state index contributed by atoms with van der Waals surface area (Å²) in [5, 5.41) is 0. The van der Waals surface area contributed by atoms with Gasteiger partial charge in [-0.05, 0) is 0 Å². The van der Waals surface area contributed by atoms with Crippen molar-refractivity contribution in [3.63, 3.8) is 0 Å². The second kappa shape index (κ2) is 4.18. The Bertz CT molecular complexity index is 221. The second-order valence-electron chi connectivity index (χ2n) is 2.59. The molecule has 0 aromatic heterocycles. The topological polar surface area (TPSA) is 0 Å². The number of hydrogen-bond donors (Lipinski definition) is 0. The van der Waals surface area contributed by atoms with Crippen LogP contribution in [0.15, 0.2) is 11.7 Å². The maximum atomic E-state index is 12.6. The summed E-state index contributed by atoms with van der Waals surface area (Å²) in [6, 6.07) is 0. The summed E-state index contributed by atoms with van der Waals surface area (Å²) < 4.78 is 83.9. The number of alkyl halides is 5. The first-order chi connectivity index (χ1) is 6.13. The molecule has 84 valence electrons. The normalized spacial score (nSPS) is 12.9. The van der Waals surface area contributed by atoms with Gasteiger partial charge in [-0.25, -0.2) is 8.78 Å². The molecular formula is C7H7F7. The molecular weight excluding hydrogens is 217 g/mol. The van der Waals surface area contributed by atoms with E-state index >= 15 is 0 Å². The molecule has 14 heavy (non-hydrogen) atoms.